The van der Waals surface area contributed by atoms with E-state index in [2.05, 4.69) is 15.1 Å². The van der Waals surface area contributed by atoms with Crippen LogP contribution in [0.2, 0.25) is 0 Å². The van der Waals surface area contributed by atoms with E-state index < -0.39 is 11.9 Å². The molecule has 0 amide bonds. The SMILES string of the molecule is Cc1nn2c(C(F)(F)F)ccnc2c1C=Cc1ccc2ccccc2n1. The minimum atomic E-state index is -4.50. The molecule has 26 heavy (non-hydrogen) atoms. The summed E-state index contributed by atoms with van der Waals surface area (Å²) in [4.78, 5) is 8.59. The topological polar surface area (TPSA) is 43.1 Å². The van der Waals surface area contributed by atoms with Crippen molar-refractivity contribution in [1.29, 1.82) is 0 Å². The second-order valence-corrected chi connectivity index (χ2v) is 5.82. The second-order valence-electron chi connectivity index (χ2n) is 5.82. The molecule has 0 saturated carbocycles. The lowest BCUT2D eigenvalue weighted by atomic mass is 10.1. The average Bonchev–Trinajstić information content (AvgIpc) is 2.94. The molecule has 7 heteroatoms. The van der Waals surface area contributed by atoms with Gasteiger partial charge in [0, 0.05) is 17.1 Å². The Morgan fingerprint density at radius 2 is 1.81 bits per heavy atom. The first kappa shape index (κ1) is 16.3. The van der Waals surface area contributed by atoms with Crippen LogP contribution >= 0.6 is 0 Å². The fourth-order valence-corrected chi connectivity index (χ4v) is 2.82. The molecule has 0 spiro atoms. The lowest BCUT2D eigenvalue weighted by Crippen LogP contribution is -2.12. The van der Waals surface area contributed by atoms with E-state index in [-0.39, 0.29) is 5.65 Å². The average molecular weight is 354 g/mol. The van der Waals surface area contributed by atoms with E-state index in [0.717, 1.165) is 27.7 Å². The van der Waals surface area contributed by atoms with Crippen LogP contribution in [0.3, 0.4) is 0 Å². The summed E-state index contributed by atoms with van der Waals surface area (Å²) < 4.78 is 40.3. The minimum Gasteiger partial charge on any atom is -0.248 e. The van der Waals surface area contributed by atoms with Crippen LogP contribution in [0.5, 0.6) is 0 Å². The zero-order valence-electron chi connectivity index (χ0n) is 13.7. The van der Waals surface area contributed by atoms with Crippen molar-refractivity contribution < 1.29 is 13.2 Å². The molecule has 0 atom stereocenters. The largest absolute Gasteiger partial charge is 0.433 e. The van der Waals surface area contributed by atoms with Crippen molar-refractivity contribution in [2.45, 2.75) is 13.1 Å². The number of hydrogen-bond acceptors (Lipinski definition) is 3. The zero-order chi connectivity index (χ0) is 18.3. The third kappa shape index (κ3) is 2.81. The molecule has 3 heterocycles. The van der Waals surface area contributed by atoms with Gasteiger partial charge < -0.3 is 0 Å². The Bertz CT molecular complexity index is 1140. The normalized spacial score (nSPS) is 12.5. The second kappa shape index (κ2) is 5.94. The Kier molecular flexibility index (Phi) is 3.72. The monoisotopic (exact) mass is 354 g/mol. The van der Waals surface area contributed by atoms with E-state index in [4.69, 9.17) is 0 Å². The van der Waals surface area contributed by atoms with Crippen LogP contribution in [0.4, 0.5) is 13.2 Å². The molecule has 0 aliphatic heterocycles. The highest BCUT2D eigenvalue weighted by Crippen LogP contribution is 2.30. The Balaban J connectivity index is 1.79. The van der Waals surface area contributed by atoms with Crippen LogP contribution in [0.15, 0.2) is 48.7 Å². The third-order valence-corrected chi connectivity index (χ3v) is 4.07. The highest BCUT2D eigenvalue weighted by Gasteiger charge is 2.34. The van der Waals surface area contributed by atoms with E-state index >= 15 is 0 Å². The van der Waals surface area contributed by atoms with Crippen LogP contribution in [0.25, 0.3) is 28.7 Å². The third-order valence-electron chi connectivity index (χ3n) is 4.07. The standard InChI is InChI=1S/C19H13F3N4/c1-12-15(18-23-11-10-17(19(20,21)22)26(18)25-12)9-8-14-7-6-13-4-2-3-5-16(13)24-14/h2-11H,1H3. The van der Waals surface area contributed by atoms with Crippen molar-refractivity contribution in [3.8, 4) is 0 Å². The molecule has 0 unspecified atom stereocenters. The maximum absolute atomic E-state index is 13.1. The molecular formula is C19H13F3N4. The van der Waals surface area contributed by atoms with Gasteiger partial charge in [-0.2, -0.15) is 18.3 Å². The van der Waals surface area contributed by atoms with Crippen molar-refractivity contribution in [3.05, 3.63) is 71.3 Å². The Hall–Kier alpha value is -3.22. The molecule has 0 radical (unpaired) electrons. The van der Waals surface area contributed by atoms with E-state index in [1.165, 1.54) is 0 Å². The number of halogens is 3. The molecule has 0 N–H and O–H groups in total. The summed E-state index contributed by atoms with van der Waals surface area (Å²) in [5.41, 5.74) is 1.86. The first-order valence-electron chi connectivity index (χ1n) is 7.89. The van der Waals surface area contributed by atoms with Crippen molar-refractivity contribution in [1.82, 2.24) is 19.6 Å². The molecule has 0 fully saturated rings. The number of benzene rings is 1. The Morgan fingerprint density at radius 3 is 2.62 bits per heavy atom. The number of rotatable bonds is 2. The Labute approximate surface area is 146 Å². The summed E-state index contributed by atoms with van der Waals surface area (Å²) in [5, 5.41) is 5.03. The highest BCUT2D eigenvalue weighted by molar-refractivity contribution is 5.82. The molecule has 4 rings (SSSR count). The maximum atomic E-state index is 13.1. The summed E-state index contributed by atoms with van der Waals surface area (Å²) in [5.74, 6) is 0. The van der Waals surface area contributed by atoms with Crippen LogP contribution in [-0.4, -0.2) is 19.6 Å². The molecule has 0 bridgehead atoms. The van der Waals surface area contributed by atoms with Gasteiger partial charge in [0.05, 0.1) is 16.9 Å². The van der Waals surface area contributed by atoms with Crippen LogP contribution in [-0.2, 0) is 6.18 Å². The first-order valence-corrected chi connectivity index (χ1v) is 7.89. The summed E-state index contributed by atoms with van der Waals surface area (Å²) in [6.07, 6.45) is 0.0890. The number of aromatic nitrogens is 4. The molecule has 4 nitrogen and oxygen atoms in total. The molecule has 0 aliphatic carbocycles. The fourth-order valence-electron chi connectivity index (χ4n) is 2.82. The van der Waals surface area contributed by atoms with Gasteiger partial charge in [0.25, 0.3) is 0 Å². The fraction of sp³-hybridized carbons (Fsp3) is 0.105. The van der Waals surface area contributed by atoms with Gasteiger partial charge in [0.15, 0.2) is 5.65 Å². The molecule has 0 saturated heterocycles. The summed E-state index contributed by atoms with van der Waals surface area (Å²) in [6.45, 7) is 1.66. The van der Waals surface area contributed by atoms with Gasteiger partial charge in [-0.15, -0.1) is 0 Å². The van der Waals surface area contributed by atoms with Crippen LogP contribution in [0, 0.1) is 6.92 Å². The van der Waals surface area contributed by atoms with Gasteiger partial charge in [0.2, 0.25) is 0 Å². The Morgan fingerprint density at radius 1 is 1.00 bits per heavy atom. The number of hydrogen-bond donors (Lipinski definition) is 0. The lowest BCUT2D eigenvalue weighted by Gasteiger charge is -2.07. The molecule has 130 valence electrons. The molecule has 3 aromatic heterocycles. The van der Waals surface area contributed by atoms with Gasteiger partial charge in [-0.05, 0) is 37.3 Å². The maximum Gasteiger partial charge on any atom is 0.433 e. The van der Waals surface area contributed by atoms with Crippen molar-refractivity contribution in [2.75, 3.05) is 0 Å². The van der Waals surface area contributed by atoms with Gasteiger partial charge in [-0.3, -0.25) is 0 Å². The van der Waals surface area contributed by atoms with Gasteiger partial charge in [0.1, 0.15) is 5.69 Å². The predicted octanol–water partition coefficient (Wildman–Crippen LogP) is 4.78. The zero-order valence-corrected chi connectivity index (χ0v) is 13.7. The number of nitrogens with zero attached hydrogens (tertiary/aromatic N) is 4. The molecule has 4 aromatic rings. The van der Waals surface area contributed by atoms with Gasteiger partial charge >= 0.3 is 6.18 Å². The van der Waals surface area contributed by atoms with E-state index in [1.807, 2.05) is 36.4 Å². The van der Waals surface area contributed by atoms with Gasteiger partial charge in [-0.25, -0.2) is 14.5 Å². The quantitative estimate of drug-likeness (QED) is 0.520. The number of aryl methyl sites for hydroxylation is 1. The summed E-state index contributed by atoms with van der Waals surface area (Å²) in [7, 11) is 0. The smallest absolute Gasteiger partial charge is 0.248 e. The lowest BCUT2D eigenvalue weighted by molar-refractivity contribution is -0.142. The minimum absolute atomic E-state index is 0.161. The number of fused-ring (bicyclic) bond motifs is 2. The van der Waals surface area contributed by atoms with Crippen molar-refractivity contribution >= 4 is 28.7 Å². The molecule has 1 aromatic carbocycles. The van der Waals surface area contributed by atoms with Gasteiger partial charge in [-0.1, -0.05) is 24.3 Å². The summed E-state index contributed by atoms with van der Waals surface area (Å²) in [6, 6.07) is 12.4. The van der Waals surface area contributed by atoms with Crippen molar-refractivity contribution in [3.63, 3.8) is 0 Å². The predicted molar refractivity (Wildman–Crippen MR) is 93.4 cm³/mol. The molecular weight excluding hydrogens is 341 g/mol. The van der Waals surface area contributed by atoms with E-state index in [9.17, 15) is 13.2 Å². The summed E-state index contributed by atoms with van der Waals surface area (Å²) >= 11 is 0. The van der Waals surface area contributed by atoms with E-state index in [1.54, 1.807) is 19.1 Å². The first-order chi connectivity index (χ1) is 12.4. The number of pyridine rings is 1. The molecule has 0 aliphatic rings. The number of para-hydroxylation sites is 1. The van der Waals surface area contributed by atoms with E-state index in [0.29, 0.717) is 17.0 Å². The van der Waals surface area contributed by atoms with Crippen LogP contribution < -0.4 is 0 Å². The number of alkyl halides is 3. The van der Waals surface area contributed by atoms with Crippen LogP contribution in [0.1, 0.15) is 22.6 Å². The highest BCUT2D eigenvalue weighted by atomic mass is 19.4. The van der Waals surface area contributed by atoms with Crippen molar-refractivity contribution in [2.24, 2.45) is 0 Å².